The smallest absolute Gasteiger partial charge is 0.313 e. The number of aromatic nitrogens is 1. The molecule has 0 aliphatic heterocycles. The summed E-state index contributed by atoms with van der Waals surface area (Å²) in [6, 6.07) is 11.9. The van der Waals surface area contributed by atoms with Crippen LogP contribution >= 0.6 is 34.4 Å². The van der Waals surface area contributed by atoms with E-state index in [2.05, 4.69) is 4.98 Å². The van der Waals surface area contributed by atoms with Gasteiger partial charge in [-0.15, -0.1) is 34.4 Å². The maximum atomic E-state index is 10.8. The summed E-state index contributed by atoms with van der Waals surface area (Å²) in [6.45, 7) is 0. The molecule has 0 spiro atoms. The van der Waals surface area contributed by atoms with Gasteiger partial charge >= 0.3 is 5.97 Å². The van der Waals surface area contributed by atoms with Crippen LogP contribution in [0.4, 0.5) is 0 Å². The number of rotatable bonds is 5. The van der Waals surface area contributed by atoms with E-state index in [0.29, 0.717) is 0 Å². The Labute approximate surface area is 134 Å². The predicted molar refractivity (Wildman–Crippen MR) is 91.9 cm³/mol. The highest BCUT2D eigenvalue weighted by molar-refractivity contribution is 8.09. The summed E-state index contributed by atoms with van der Waals surface area (Å²) in [7, 11) is 0. The largest absolute Gasteiger partial charge is 0.481 e. The van der Waals surface area contributed by atoms with Crippen LogP contribution in [0.2, 0.25) is 0 Å². The molecule has 0 fully saturated rings. The van der Waals surface area contributed by atoms with Crippen LogP contribution in [0.5, 0.6) is 0 Å². The standard InChI is InChI=1S/C15H11NO2S3/c17-14(18)9-20-13(8-10-4-3-7-19-10)15-16-11-5-1-2-6-12(11)21-15/h1-8H,9H2,(H,17,18)/b13-8+. The molecular formula is C15H11NO2S3. The van der Waals surface area contributed by atoms with Gasteiger partial charge in [-0.3, -0.25) is 4.79 Å². The lowest BCUT2D eigenvalue weighted by Crippen LogP contribution is -1.97. The highest BCUT2D eigenvalue weighted by atomic mass is 32.2. The van der Waals surface area contributed by atoms with Gasteiger partial charge in [-0.05, 0) is 29.7 Å². The molecule has 6 heteroatoms. The highest BCUT2D eigenvalue weighted by Crippen LogP contribution is 2.35. The summed E-state index contributed by atoms with van der Waals surface area (Å²) < 4.78 is 1.11. The highest BCUT2D eigenvalue weighted by Gasteiger charge is 2.11. The second kappa shape index (κ2) is 6.43. The molecule has 0 unspecified atom stereocenters. The van der Waals surface area contributed by atoms with Crippen LogP contribution in [0, 0.1) is 0 Å². The van der Waals surface area contributed by atoms with E-state index in [0.717, 1.165) is 25.0 Å². The quantitative estimate of drug-likeness (QED) is 0.737. The average molecular weight is 333 g/mol. The maximum absolute atomic E-state index is 10.8. The van der Waals surface area contributed by atoms with Crippen molar-refractivity contribution in [3.63, 3.8) is 0 Å². The van der Waals surface area contributed by atoms with Crippen molar-refractivity contribution in [2.75, 3.05) is 5.75 Å². The third-order valence-corrected chi connectivity index (χ3v) is 5.70. The first-order valence-corrected chi connectivity index (χ1v) is 8.86. The van der Waals surface area contributed by atoms with Crippen LogP contribution in [0.1, 0.15) is 9.88 Å². The van der Waals surface area contributed by atoms with Crippen molar-refractivity contribution < 1.29 is 9.90 Å². The fourth-order valence-electron chi connectivity index (χ4n) is 1.78. The van der Waals surface area contributed by atoms with Crippen molar-refractivity contribution in [1.29, 1.82) is 0 Å². The molecule has 0 saturated heterocycles. The number of carboxylic acids is 1. The van der Waals surface area contributed by atoms with E-state index in [1.807, 2.05) is 47.9 Å². The van der Waals surface area contributed by atoms with Gasteiger partial charge in [-0.2, -0.15) is 0 Å². The lowest BCUT2D eigenvalue weighted by molar-refractivity contribution is -0.133. The van der Waals surface area contributed by atoms with Gasteiger partial charge in [-0.25, -0.2) is 4.98 Å². The molecule has 106 valence electrons. The summed E-state index contributed by atoms with van der Waals surface area (Å²) in [4.78, 5) is 17.5. The number of fused-ring (bicyclic) bond motifs is 1. The Kier molecular flexibility index (Phi) is 4.38. The first kappa shape index (κ1) is 14.3. The molecule has 0 radical (unpaired) electrons. The molecule has 0 saturated carbocycles. The number of thiophene rings is 1. The van der Waals surface area contributed by atoms with Gasteiger partial charge in [0, 0.05) is 9.78 Å². The van der Waals surface area contributed by atoms with Crippen molar-refractivity contribution in [2.45, 2.75) is 0 Å². The molecule has 3 rings (SSSR count). The maximum Gasteiger partial charge on any atom is 0.313 e. The van der Waals surface area contributed by atoms with Crippen LogP contribution in [0.25, 0.3) is 21.2 Å². The summed E-state index contributed by atoms with van der Waals surface area (Å²) in [5.41, 5.74) is 0.950. The molecule has 2 aromatic heterocycles. The van der Waals surface area contributed by atoms with Crippen molar-refractivity contribution in [1.82, 2.24) is 4.98 Å². The fourth-order valence-corrected chi connectivity index (χ4v) is 4.35. The molecular weight excluding hydrogens is 322 g/mol. The Morgan fingerprint density at radius 1 is 1.29 bits per heavy atom. The minimum atomic E-state index is -0.821. The Hall–Kier alpha value is -1.63. The lowest BCUT2D eigenvalue weighted by Gasteiger charge is -2.01. The second-order valence-electron chi connectivity index (χ2n) is 4.19. The van der Waals surface area contributed by atoms with Crippen molar-refractivity contribution in [3.8, 4) is 0 Å². The third kappa shape index (κ3) is 3.53. The number of carbonyl (C=O) groups is 1. The van der Waals surface area contributed by atoms with Crippen LogP contribution in [-0.2, 0) is 4.79 Å². The molecule has 3 aromatic rings. The summed E-state index contributed by atoms with van der Waals surface area (Å²) in [5, 5.41) is 11.8. The molecule has 0 aliphatic rings. The lowest BCUT2D eigenvalue weighted by atomic mass is 10.3. The number of carboxylic acid groups (broad SMARTS) is 1. The first-order valence-electron chi connectivity index (χ1n) is 6.18. The molecule has 0 amide bonds. The topological polar surface area (TPSA) is 50.2 Å². The van der Waals surface area contributed by atoms with Crippen LogP contribution < -0.4 is 0 Å². The van der Waals surface area contributed by atoms with E-state index in [1.165, 1.54) is 11.8 Å². The molecule has 3 nitrogen and oxygen atoms in total. The summed E-state index contributed by atoms with van der Waals surface area (Å²) in [5.74, 6) is -0.786. The monoisotopic (exact) mass is 333 g/mol. The number of benzene rings is 1. The summed E-state index contributed by atoms with van der Waals surface area (Å²) in [6.07, 6.45) is 2.01. The van der Waals surface area contributed by atoms with E-state index in [-0.39, 0.29) is 5.75 Å². The van der Waals surface area contributed by atoms with Gasteiger partial charge in [0.1, 0.15) is 5.01 Å². The molecule has 0 atom stereocenters. The molecule has 2 heterocycles. The van der Waals surface area contributed by atoms with Crippen LogP contribution in [-0.4, -0.2) is 21.8 Å². The minimum Gasteiger partial charge on any atom is -0.481 e. The Morgan fingerprint density at radius 3 is 2.86 bits per heavy atom. The second-order valence-corrected chi connectivity index (χ2v) is 7.22. The van der Waals surface area contributed by atoms with Gasteiger partial charge in [0.2, 0.25) is 0 Å². The van der Waals surface area contributed by atoms with Gasteiger partial charge < -0.3 is 5.11 Å². The molecule has 0 aliphatic carbocycles. The van der Waals surface area contributed by atoms with Gasteiger partial charge in [0.25, 0.3) is 0 Å². The zero-order valence-electron chi connectivity index (χ0n) is 10.9. The minimum absolute atomic E-state index is 0.0349. The van der Waals surface area contributed by atoms with Gasteiger partial charge in [-0.1, -0.05) is 18.2 Å². The zero-order valence-corrected chi connectivity index (χ0v) is 13.3. The zero-order chi connectivity index (χ0) is 14.7. The number of thiazole rings is 1. The van der Waals surface area contributed by atoms with Crippen LogP contribution in [0.15, 0.2) is 41.8 Å². The summed E-state index contributed by atoms with van der Waals surface area (Å²) >= 11 is 4.53. The normalized spacial score (nSPS) is 11.9. The van der Waals surface area contributed by atoms with E-state index in [4.69, 9.17) is 5.11 Å². The number of hydrogen-bond donors (Lipinski definition) is 1. The Morgan fingerprint density at radius 2 is 2.14 bits per heavy atom. The molecule has 21 heavy (non-hydrogen) atoms. The third-order valence-electron chi connectivity index (χ3n) is 2.67. The Balaban J connectivity index is 1.99. The van der Waals surface area contributed by atoms with E-state index in [1.54, 1.807) is 22.7 Å². The molecule has 1 aromatic carbocycles. The fraction of sp³-hybridized carbons (Fsp3) is 0.0667. The van der Waals surface area contributed by atoms with Crippen molar-refractivity contribution in [2.24, 2.45) is 0 Å². The van der Waals surface area contributed by atoms with E-state index >= 15 is 0 Å². The van der Waals surface area contributed by atoms with E-state index in [9.17, 15) is 4.79 Å². The van der Waals surface area contributed by atoms with Gasteiger partial charge in [0.15, 0.2) is 0 Å². The SMILES string of the molecule is O=C(O)CS/C(=C/c1cccs1)c1nc2ccccc2s1. The number of hydrogen-bond acceptors (Lipinski definition) is 5. The predicted octanol–water partition coefficient (Wildman–Crippen LogP) is 4.67. The first-order chi connectivity index (χ1) is 10.2. The number of thioether (sulfide) groups is 1. The molecule has 0 bridgehead atoms. The average Bonchev–Trinajstić information content (AvgIpc) is 3.11. The van der Waals surface area contributed by atoms with E-state index < -0.39 is 5.97 Å². The molecule has 1 N–H and O–H groups in total. The van der Waals surface area contributed by atoms with Crippen molar-refractivity contribution in [3.05, 3.63) is 51.7 Å². The number of para-hydroxylation sites is 1. The number of nitrogens with zero attached hydrogens (tertiary/aromatic N) is 1. The Bertz CT molecular complexity index is 757. The van der Waals surface area contributed by atoms with Gasteiger partial charge in [0.05, 0.1) is 16.0 Å². The number of aliphatic carboxylic acids is 1. The van der Waals surface area contributed by atoms with Crippen LogP contribution in [0.3, 0.4) is 0 Å². The van der Waals surface area contributed by atoms with Crippen molar-refractivity contribution >= 4 is 61.6 Å².